The van der Waals surface area contributed by atoms with Crippen LogP contribution in [0.4, 0.5) is 0 Å². The van der Waals surface area contributed by atoms with Crippen LogP contribution in [0, 0.1) is 5.92 Å². The van der Waals surface area contributed by atoms with Gasteiger partial charge in [0.15, 0.2) is 17.8 Å². The van der Waals surface area contributed by atoms with Crippen molar-refractivity contribution in [3.63, 3.8) is 0 Å². The highest BCUT2D eigenvalue weighted by Gasteiger charge is 2.45. The zero-order chi connectivity index (χ0) is 20.0. The number of benzene rings is 1. The second kappa shape index (κ2) is 6.91. The summed E-state index contributed by atoms with van der Waals surface area (Å²) in [6, 6.07) is 2.42. The van der Waals surface area contributed by atoms with Crippen LogP contribution < -0.4 is 4.74 Å². The molecule has 0 saturated carbocycles. The Bertz CT molecular complexity index is 829. The minimum Gasteiger partial charge on any atom is -0.507 e. The van der Waals surface area contributed by atoms with E-state index in [4.69, 9.17) is 9.47 Å². The number of hydrogen-bond acceptors (Lipinski definition) is 10. The first-order chi connectivity index (χ1) is 12.7. The highest BCUT2D eigenvalue weighted by atomic mass is 16.7. The summed E-state index contributed by atoms with van der Waals surface area (Å²) < 4.78 is 10.4. The maximum absolute atomic E-state index is 12.2. The van der Waals surface area contributed by atoms with Crippen molar-refractivity contribution in [3.05, 3.63) is 28.8 Å². The van der Waals surface area contributed by atoms with Gasteiger partial charge in [-0.2, -0.15) is 0 Å². The zero-order valence-electron chi connectivity index (χ0n) is 14.1. The average Bonchev–Trinajstić information content (AvgIpc) is 2.64. The van der Waals surface area contributed by atoms with Gasteiger partial charge in [0.25, 0.3) is 0 Å². The van der Waals surface area contributed by atoms with Crippen LogP contribution in [-0.2, 0) is 9.53 Å². The van der Waals surface area contributed by atoms with Crippen molar-refractivity contribution in [2.45, 2.75) is 31.7 Å². The second-order valence-corrected chi connectivity index (χ2v) is 6.31. The number of rotatable bonds is 3. The Morgan fingerprint density at radius 1 is 1.07 bits per heavy atom. The fourth-order valence-electron chi connectivity index (χ4n) is 3.02. The van der Waals surface area contributed by atoms with E-state index in [-0.39, 0.29) is 16.9 Å². The van der Waals surface area contributed by atoms with Crippen LogP contribution in [0.3, 0.4) is 0 Å². The Morgan fingerprint density at radius 2 is 1.74 bits per heavy atom. The molecule has 1 aromatic carbocycles. The number of aliphatic hydroxyl groups is 5. The molecule has 1 fully saturated rings. The molecule has 3 rings (SSSR count). The molecule has 0 bridgehead atoms. The first-order valence-corrected chi connectivity index (χ1v) is 8.01. The summed E-state index contributed by atoms with van der Waals surface area (Å²) in [4.78, 5) is 24.1. The smallest absolute Gasteiger partial charge is 0.237 e. The number of carbonyl (C=O) groups is 2. The zero-order valence-corrected chi connectivity index (χ0v) is 14.1. The molecule has 1 saturated heterocycles. The first-order valence-electron chi connectivity index (χ1n) is 8.01. The van der Waals surface area contributed by atoms with Gasteiger partial charge in [-0.3, -0.25) is 9.59 Å². The number of carbonyl (C=O) groups excluding carboxylic acids is 2. The van der Waals surface area contributed by atoms with Crippen molar-refractivity contribution >= 4 is 17.3 Å². The van der Waals surface area contributed by atoms with Crippen LogP contribution in [0.2, 0.25) is 0 Å². The van der Waals surface area contributed by atoms with E-state index in [1.54, 1.807) is 0 Å². The molecule has 10 nitrogen and oxygen atoms in total. The van der Waals surface area contributed by atoms with Gasteiger partial charge >= 0.3 is 0 Å². The van der Waals surface area contributed by atoms with Crippen LogP contribution in [0.5, 0.6) is 11.5 Å². The second-order valence-electron chi connectivity index (χ2n) is 6.31. The Balaban J connectivity index is 1.98. The van der Waals surface area contributed by atoms with Crippen LogP contribution in [0.25, 0.3) is 5.76 Å². The fraction of sp³-hybridized carbons (Fsp3) is 0.412. The van der Waals surface area contributed by atoms with Gasteiger partial charge in [-0.25, -0.2) is 0 Å². The third-order valence-electron chi connectivity index (χ3n) is 4.68. The fourth-order valence-corrected chi connectivity index (χ4v) is 3.02. The molecule has 1 aliphatic carbocycles. The highest BCUT2D eigenvalue weighted by molar-refractivity contribution is 6.52. The SMILES string of the molecule is CC1=C(O)c2ccc(OC3OC(O)C(O)C(O)C3CO)c(O)c2C(=O)C1=O. The van der Waals surface area contributed by atoms with Crippen LogP contribution in [0.15, 0.2) is 17.7 Å². The number of phenolic OH excluding ortho intramolecular Hbond substituents is 1. The molecule has 0 amide bonds. The lowest BCUT2D eigenvalue weighted by Crippen LogP contribution is -2.57. The molecule has 5 atom stereocenters. The van der Waals surface area contributed by atoms with Crippen molar-refractivity contribution in [1.82, 2.24) is 0 Å². The molecule has 1 aromatic rings. The molecule has 6 N–H and O–H groups in total. The molecule has 0 radical (unpaired) electrons. The summed E-state index contributed by atoms with van der Waals surface area (Å²) in [6.07, 6.45) is -6.55. The van der Waals surface area contributed by atoms with Crippen molar-refractivity contribution in [2.24, 2.45) is 5.92 Å². The molecule has 10 heteroatoms. The summed E-state index contributed by atoms with van der Waals surface area (Å²) in [5.41, 5.74) is -0.671. The maximum atomic E-state index is 12.2. The van der Waals surface area contributed by atoms with Crippen molar-refractivity contribution in [1.29, 1.82) is 0 Å². The van der Waals surface area contributed by atoms with Gasteiger partial charge in [0, 0.05) is 11.1 Å². The van der Waals surface area contributed by atoms with E-state index in [9.17, 15) is 40.2 Å². The van der Waals surface area contributed by atoms with E-state index in [2.05, 4.69) is 0 Å². The highest BCUT2D eigenvalue weighted by Crippen LogP contribution is 2.40. The molecule has 1 aliphatic heterocycles. The average molecular weight is 382 g/mol. The lowest BCUT2D eigenvalue weighted by molar-refractivity contribution is -0.313. The molecule has 146 valence electrons. The number of aromatic hydroxyl groups is 1. The van der Waals surface area contributed by atoms with Crippen LogP contribution in [0.1, 0.15) is 22.8 Å². The summed E-state index contributed by atoms with van der Waals surface area (Å²) in [5, 5.41) is 59.0. The number of phenols is 1. The molecule has 0 spiro atoms. The van der Waals surface area contributed by atoms with Crippen molar-refractivity contribution in [2.75, 3.05) is 6.61 Å². The number of ether oxygens (including phenoxy) is 2. The molecular weight excluding hydrogens is 364 g/mol. The van der Waals surface area contributed by atoms with Gasteiger partial charge in [-0.15, -0.1) is 0 Å². The van der Waals surface area contributed by atoms with E-state index < -0.39 is 66.0 Å². The predicted octanol–water partition coefficient (Wildman–Crippen LogP) is -1.17. The lowest BCUT2D eigenvalue weighted by Gasteiger charge is -2.39. The van der Waals surface area contributed by atoms with E-state index in [1.807, 2.05) is 0 Å². The topological polar surface area (TPSA) is 174 Å². The number of aliphatic hydroxyl groups excluding tert-OH is 5. The Labute approximate surface area is 152 Å². The van der Waals surface area contributed by atoms with Crippen molar-refractivity contribution < 1.29 is 49.7 Å². The van der Waals surface area contributed by atoms with E-state index in [1.165, 1.54) is 19.1 Å². The third-order valence-corrected chi connectivity index (χ3v) is 4.68. The van der Waals surface area contributed by atoms with Crippen molar-refractivity contribution in [3.8, 4) is 11.5 Å². The number of ketones is 2. The summed E-state index contributed by atoms with van der Waals surface area (Å²) >= 11 is 0. The van der Waals surface area contributed by atoms with E-state index >= 15 is 0 Å². The summed E-state index contributed by atoms with van der Waals surface area (Å²) in [6.45, 7) is 0.594. The minimum absolute atomic E-state index is 0.0549. The van der Waals surface area contributed by atoms with Gasteiger partial charge in [0.2, 0.25) is 17.9 Å². The van der Waals surface area contributed by atoms with Gasteiger partial charge in [-0.05, 0) is 19.1 Å². The predicted molar refractivity (Wildman–Crippen MR) is 86.8 cm³/mol. The molecule has 27 heavy (non-hydrogen) atoms. The standard InChI is InChI=1S/C17H18O10/c1-5-10(19)6-2-3-8(13(22)9(6)14(23)11(5)20)26-17-7(4-18)12(21)15(24)16(25)27-17/h2-3,7,12,15-19,21-22,24-25H,4H2,1H3. The van der Waals surface area contributed by atoms with Gasteiger partial charge < -0.3 is 40.1 Å². The minimum atomic E-state index is -1.81. The Kier molecular flexibility index (Phi) is 4.93. The molecular formula is C17H18O10. The lowest BCUT2D eigenvalue weighted by atomic mass is 9.88. The van der Waals surface area contributed by atoms with Gasteiger partial charge in [0.1, 0.15) is 11.9 Å². The Morgan fingerprint density at radius 3 is 2.37 bits per heavy atom. The molecule has 1 heterocycles. The third kappa shape index (κ3) is 2.97. The summed E-state index contributed by atoms with van der Waals surface area (Å²) in [5.74, 6) is -4.74. The van der Waals surface area contributed by atoms with E-state index in [0.717, 1.165) is 0 Å². The molecule has 5 unspecified atom stereocenters. The number of fused-ring (bicyclic) bond motifs is 1. The maximum Gasteiger partial charge on any atom is 0.237 e. The normalized spacial score (nSPS) is 31.1. The first kappa shape index (κ1) is 19.3. The van der Waals surface area contributed by atoms with Crippen LogP contribution in [-0.4, -0.2) is 73.6 Å². The largest absolute Gasteiger partial charge is 0.507 e. The summed E-state index contributed by atoms with van der Waals surface area (Å²) in [7, 11) is 0. The van der Waals surface area contributed by atoms with E-state index in [0.29, 0.717) is 0 Å². The number of hydrogen-bond donors (Lipinski definition) is 6. The molecule has 0 aromatic heterocycles. The number of Topliss-reactive ketones (excluding diaryl/α,β-unsaturated/α-hetero) is 2. The molecule has 2 aliphatic rings. The monoisotopic (exact) mass is 382 g/mol. The number of allylic oxidation sites excluding steroid dienone is 1. The van der Waals surface area contributed by atoms with Gasteiger partial charge in [0.05, 0.1) is 24.2 Å². The Hall–Kier alpha value is -2.50. The van der Waals surface area contributed by atoms with Crippen LogP contribution >= 0.6 is 0 Å². The quantitative estimate of drug-likeness (QED) is 0.350. The van der Waals surface area contributed by atoms with Gasteiger partial charge in [-0.1, -0.05) is 0 Å².